The molecule has 106 valence electrons. The Labute approximate surface area is 111 Å². The number of aliphatic hydroxyl groups is 1. The van der Waals surface area contributed by atoms with Gasteiger partial charge in [0.25, 0.3) is 0 Å². The molecule has 2 aliphatic rings. The third kappa shape index (κ3) is 2.21. The molecule has 1 aliphatic heterocycles. The summed E-state index contributed by atoms with van der Waals surface area (Å²) in [4.78, 5) is 0. The highest BCUT2D eigenvalue weighted by atomic mass is 16.7. The van der Waals surface area contributed by atoms with Gasteiger partial charge in [0.2, 0.25) is 0 Å². The fraction of sp³-hybridized carbons (Fsp3) is 1.00. The summed E-state index contributed by atoms with van der Waals surface area (Å²) in [5.74, 6) is -0.360. The van der Waals surface area contributed by atoms with Crippen molar-refractivity contribution in [3.05, 3.63) is 0 Å². The molecule has 0 aromatic carbocycles. The first-order valence-corrected chi connectivity index (χ1v) is 7.28. The topological polar surface area (TPSA) is 38.7 Å². The minimum atomic E-state index is -0.360. The third-order valence-corrected chi connectivity index (χ3v) is 5.15. The van der Waals surface area contributed by atoms with Gasteiger partial charge in [0.1, 0.15) is 0 Å². The van der Waals surface area contributed by atoms with Gasteiger partial charge in [0.05, 0.1) is 19.3 Å². The van der Waals surface area contributed by atoms with E-state index in [0.717, 1.165) is 12.8 Å². The van der Waals surface area contributed by atoms with Gasteiger partial charge in [-0.15, -0.1) is 0 Å². The summed E-state index contributed by atoms with van der Waals surface area (Å²) in [5.41, 5.74) is -0.326. The highest BCUT2D eigenvalue weighted by molar-refractivity contribution is 4.99. The maximum absolute atomic E-state index is 9.87. The number of rotatable bonds is 1. The Morgan fingerprint density at radius 3 is 2.22 bits per heavy atom. The van der Waals surface area contributed by atoms with E-state index in [1.807, 2.05) is 0 Å². The molecular weight excluding hydrogens is 228 g/mol. The lowest BCUT2D eigenvalue weighted by atomic mass is 9.63. The average Bonchev–Trinajstić information content (AvgIpc) is 2.29. The highest BCUT2D eigenvalue weighted by Crippen LogP contribution is 2.50. The Morgan fingerprint density at radius 2 is 1.78 bits per heavy atom. The summed E-state index contributed by atoms with van der Waals surface area (Å²) in [6.07, 6.45) is 5.71. The van der Waals surface area contributed by atoms with E-state index >= 15 is 0 Å². The summed E-state index contributed by atoms with van der Waals surface area (Å²) in [6, 6.07) is 0. The Bertz CT molecular complexity index is 289. The van der Waals surface area contributed by atoms with E-state index in [0.29, 0.717) is 6.61 Å². The number of hydrogen-bond donors (Lipinski definition) is 1. The normalized spacial score (nSPS) is 36.8. The van der Waals surface area contributed by atoms with E-state index in [9.17, 15) is 5.11 Å². The minimum absolute atomic E-state index is 0.0303. The molecule has 1 saturated heterocycles. The van der Waals surface area contributed by atoms with Crippen molar-refractivity contribution in [1.82, 2.24) is 0 Å². The molecule has 2 rings (SSSR count). The van der Waals surface area contributed by atoms with Gasteiger partial charge < -0.3 is 14.6 Å². The maximum Gasteiger partial charge on any atom is 0.168 e. The van der Waals surface area contributed by atoms with Crippen molar-refractivity contribution < 1.29 is 14.6 Å². The lowest BCUT2D eigenvalue weighted by Crippen LogP contribution is -2.61. The predicted molar refractivity (Wildman–Crippen MR) is 71.3 cm³/mol. The van der Waals surface area contributed by atoms with Gasteiger partial charge in [-0.05, 0) is 25.2 Å². The number of aliphatic hydroxyl groups excluding tert-OH is 1. The Hall–Kier alpha value is -0.120. The fourth-order valence-electron chi connectivity index (χ4n) is 3.44. The van der Waals surface area contributed by atoms with Crippen LogP contribution in [0.15, 0.2) is 0 Å². The van der Waals surface area contributed by atoms with Crippen LogP contribution in [0.2, 0.25) is 0 Å². The Morgan fingerprint density at radius 1 is 1.17 bits per heavy atom. The average molecular weight is 256 g/mol. The summed E-state index contributed by atoms with van der Waals surface area (Å²) in [5, 5.41) is 9.87. The van der Waals surface area contributed by atoms with E-state index in [-0.39, 0.29) is 29.3 Å². The molecular formula is C15H28O3. The zero-order chi connectivity index (χ0) is 13.4. The monoisotopic (exact) mass is 256 g/mol. The van der Waals surface area contributed by atoms with Crippen molar-refractivity contribution in [3.8, 4) is 0 Å². The second-order valence-corrected chi connectivity index (χ2v) is 7.08. The van der Waals surface area contributed by atoms with Crippen LogP contribution < -0.4 is 0 Å². The largest absolute Gasteiger partial charge is 0.396 e. The van der Waals surface area contributed by atoms with Crippen LogP contribution in [-0.4, -0.2) is 30.2 Å². The van der Waals surface area contributed by atoms with Crippen LogP contribution in [0.25, 0.3) is 0 Å². The predicted octanol–water partition coefficient (Wildman–Crippen LogP) is 3.11. The summed E-state index contributed by atoms with van der Waals surface area (Å²) in [7, 11) is 0. The van der Waals surface area contributed by atoms with Gasteiger partial charge in [0.15, 0.2) is 5.79 Å². The van der Waals surface area contributed by atoms with E-state index in [1.54, 1.807) is 0 Å². The van der Waals surface area contributed by atoms with Crippen molar-refractivity contribution in [1.29, 1.82) is 0 Å². The van der Waals surface area contributed by atoms with Gasteiger partial charge in [0, 0.05) is 18.3 Å². The van der Waals surface area contributed by atoms with Gasteiger partial charge in [-0.25, -0.2) is 0 Å². The second kappa shape index (κ2) is 4.77. The van der Waals surface area contributed by atoms with E-state index in [1.165, 1.54) is 19.3 Å². The quantitative estimate of drug-likeness (QED) is 0.783. The molecule has 0 amide bonds. The van der Waals surface area contributed by atoms with Crippen molar-refractivity contribution in [2.45, 2.75) is 71.7 Å². The van der Waals surface area contributed by atoms with E-state index in [4.69, 9.17) is 9.47 Å². The molecule has 3 nitrogen and oxygen atoms in total. The van der Waals surface area contributed by atoms with Crippen LogP contribution in [0.5, 0.6) is 0 Å². The molecule has 0 bridgehead atoms. The standard InChI is InChI=1S/C15H28O3/c1-12-14(10-16,13(2,3)4)11-17-15(18-12)8-6-5-7-9-15/h12,16H,5-11H2,1-4H3. The molecule has 1 heterocycles. The Balaban J connectivity index is 2.16. The summed E-state index contributed by atoms with van der Waals surface area (Å²) < 4.78 is 12.4. The van der Waals surface area contributed by atoms with E-state index in [2.05, 4.69) is 27.7 Å². The van der Waals surface area contributed by atoms with Gasteiger partial charge in [-0.3, -0.25) is 0 Å². The molecule has 2 unspecified atom stereocenters. The molecule has 2 fully saturated rings. The van der Waals surface area contributed by atoms with Gasteiger partial charge in [-0.2, -0.15) is 0 Å². The number of hydrogen-bond acceptors (Lipinski definition) is 3. The third-order valence-electron chi connectivity index (χ3n) is 5.15. The molecule has 0 aromatic heterocycles. The smallest absolute Gasteiger partial charge is 0.168 e. The van der Waals surface area contributed by atoms with Crippen molar-refractivity contribution in [2.24, 2.45) is 10.8 Å². The first-order chi connectivity index (χ1) is 8.35. The summed E-state index contributed by atoms with van der Waals surface area (Å²) in [6.45, 7) is 9.30. The van der Waals surface area contributed by atoms with Crippen LogP contribution in [0.3, 0.4) is 0 Å². The van der Waals surface area contributed by atoms with Crippen LogP contribution in [0.1, 0.15) is 59.8 Å². The molecule has 0 radical (unpaired) electrons. The van der Waals surface area contributed by atoms with Crippen molar-refractivity contribution in [2.75, 3.05) is 13.2 Å². The molecule has 1 N–H and O–H groups in total. The summed E-state index contributed by atoms with van der Waals surface area (Å²) >= 11 is 0. The fourth-order valence-corrected chi connectivity index (χ4v) is 3.44. The zero-order valence-corrected chi connectivity index (χ0v) is 12.3. The van der Waals surface area contributed by atoms with Crippen LogP contribution >= 0.6 is 0 Å². The second-order valence-electron chi connectivity index (χ2n) is 7.08. The van der Waals surface area contributed by atoms with Crippen molar-refractivity contribution in [3.63, 3.8) is 0 Å². The first-order valence-electron chi connectivity index (χ1n) is 7.28. The van der Waals surface area contributed by atoms with Crippen LogP contribution in [-0.2, 0) is 9.47 Å². The maximum atomic E-state index is 9.87. The molecule has 2 atom stereocenters. The first kappa shape index (κ1) is 14.3. The van der Waals surface area contributed by atoms with Crippen LogP contribution in [0, 0.1) is 10.8 Å². The Kier molecular flexibility index (Phi) is 3.79. The highest BCUT2D eigenvalue weighted by Gasteiger charge is 2.54. The molecule has 1 spiro atoms. The lowest BCUT2D eigenvalue weighted by molar-refractivity contribution is -0.358. The molecule has 3 heteroatoms. The van der Waals surface area contributed by atoms with Crippen molar-refractivity contribution >= 4 is 0 Å². The molecule has 18 heavy (non-hydrogen) atoms. The SMILES string of the molecule is CC1OC2(CCCCC2)OCC1(CO)C(C)(C)C. The molecule has 0 aromatic rings. The molecule has 1 saturated carbocycles. The minimum Gasteiger partial charge on any atom is -0.396 e. The van der Waals surface area contributed by atoms with E-state index < -0.39 is 0 Å². The van der Waals surface area contributed by atoms with Crippen LogP contribution in [0.4, 0.5) is 0 Å². The molecule has 1 aliphatic carbocycles. The van der Waals surface area contributed by atoms with Gasteiger partial charge >= 0.3 is 0 Å². The zero-order valence-electron chi connectivity index (χ0n) is 12.3. The van der Waals surface area contributed by atoms with Gasteiger partial charge in [-0.1, -0.05) is 27.2 Å². The lowest BCUT2D eigenvalue weighted by Gasteiger charge is -2.55. The number of ether oxygens (including phenoxy) is 2.